The van der Waals surface area contributed by atoms with Crippen LogP contribution in [0.4, 0.5) is 4.79 Å². The van der Waals surface area contributed by atoms with Crippen molar-refractivity contribution in [2.24, 2.45) is 0 Å². The third-order valence-electron chi connectivity index (χ3n) is 7.10. The van der Waals surface area contributed by atoms with Gasteiger partial charge in [-0.1, -0.05) is 42.5 Å². The van der Waals surface area contributed by atoms with Crippen LogP contribution in [0.1, 0.15) is 60.8 Å². The van der Waals surface area contributed by atoms with Gasteiger partial charge in [0.15, 0.2) is 0 Å². The van der Waals surface area contributed by atoms with Gasteiger partial charge in [-0.2, -0.15) is 0 Å². The van der Waals surface area contributed by atoms with Gasteiger partial charge in [0.2, 0.25) is 0 Å². The smallest absolute Gasteiger partial charge is 0.410 e. The van der Waals surface area contributed by atoms with Crippen LogP contribution >= 0.6 is 0 Å². The first kappa shape index (κ1) is 24.9. The van der Waals surface area contributed by atoms with Crippen LogP contribution in [0.2, 0.25) is 0 Å². The van der Waals surface area contributed by atoms with E-state index in [1.807, 2.05) is 39.8 Å². The molecule has 4 aromatic rings. The van der Waals surface area contributed by atoms with Gasteiger partial charge in [0.05, 0.1) is 5.54 Å². The summed E-state index contributed by atoms with van der Waals surface area (Å²) in [7, 11) is 1.74. The Morgan fingerprint density at radius 1 is 1.03 bits per heavy atom. The van der Waals surface area contributed by atoms with E-state index < -0.39 is 5.60 Å². The number of carbonyl (C=O) groups is 2. The molecule has 3 aromatic carbocycles. The van der Waals surface area contributed by atoms with E-state index in [0.717, 1.165) is 35.0 Å². The Bertz CT molecular complexity index is 1490. The largest absolute Gasteiger partial charge is 0.444 e. The van der Waals surface area contributed by atoms with Crippen molar-refractivity contribution < 1.29 is 14.3 Å². The number of aromatic amines is 1. The number of likely N-dealkylation sites (N-methyl/N-ethyl adjacent to an activating group) is 1. The number of aryl methyl sites for hydroxylation is 1. The quantitative estimate of drug-likeness (QED) is 0.321. The molecule has 1 aliphatic carbocycles. The van der Waals surface area contributed by atoms with Crippen molar-refractivity contribution in [2.75, 3.05) is 13.6 Å². The summed E-state index contributed by atoms with van der Waals surface area (Å²) in [5.74, 6) is -0.0503. The van der Waals surface area contributed by atoms with E-state index in [4.69, 9.17) is 4.74 Å². The van der Waals surface area contributed by atoms with E-state index >= 15 is 0 Å². The van der Waals surface area contributed by atoms with Crippen LogP contribution in [-0.4, -0.2) is 41.1 Å². The Balaban J connectivity index is 1.32. The highest BCUT2D eigenvalue weighted by Crippen LogP contribution is 2.48. The standard InChI is InChI=1S/C31H35N3O3/c1-20-17-22-18-23(13-16-34(5)29(36)37-30(2,3)4)32-27(22)19-25(20)28(35)33-31(14-15-31)26-12-8-10-21-9-6-7-11-24(21)26/h6-12,17-19,32H,13-16H2,1-5H3,(H,33,35). The SMILES string of the molecule is Cc1cc2cc(CCN(C)C(=O)OC(C)(C)C)[nH]c2cc1C(=O)NC1(c2cccc3ccccc23)CC1. The van der Waals surface area contributed by atoms with Crippen LogP contribution in [-0.2, 0) is 16.7 Å². The van der Waals surface area contributed by atoms with Gasteiger partial charge < -0.3 is 19.9 Å². The molecule has 0 unspecified atom stereocenters. The summed E-state index contributed by atoms with van der Waals surface area (Å²) in [5.41, 5.74) is 3.90. The first-order chi connectivity index (χ1) is 17.5. The first-order valence-corrected chi connectivity index (χ1v) is 12.9. The molecular formula is C31H35N3O3. The van der Waals surface area contributed by atoms with Crippen molar-refractivity contribution in [3.8, 4) is 0 Å². The molecule has 0 saturated heterocycles. The maximum atomic E-state index is 13.5. The highest BCUT2D eigenvalue weighted by atomic mass is 16.6. The first-order valence-electron chi connectivity index (χ1n) is 12.9. The second kappa shape index (κ2) is 9.25. The second-order valence-electron chi connectivity index (χ2n) is 11.3. The number of benzene rings is 3. The van der Waals surface area contributed by atoms with E-state index in [1.54, 1.807) is 11.9 Å². The summed E-state index contributed by atoms with van der Waals surface area (Å²) in [4.78, 5) is 30.8. The van der Waals surface area contributed by atoms with Crippen molar-refractivity contribution in [1.29, 1.82) is 0 Å². The number of H-pyrrole nitrogens is 1. The zero-order valence-electron chi connectivity index (χ0n) is 22.3. The van der Waals surface area contributed by atoms with Gasteiger partial charge in [0, 0.05) is 36.8 Å². The lowest BCUT2D eigenvalue weighted by atomic mass is 9.96. The van der Waals surface area contributed by atoms with E-state index in [-0.39, 0.29) is 17.5 Å². The third-order valence-corrected chi connectivity index (χ3v) is 7.10. The van der Waals surface area contributed by atoms with Crippen molar-refractivity contribution in [1.82, 2.24) is 15.2 Å². The van der Waals surface area contributed by atoms with Gasteiger partial charge in [-0.3, -0.25) is 4.79 Å². The molecule has 0 bridgehead atoms. The maximum Gasteiger partial charge on any atom is 0.410 e. The van der Waals surface area contributed by atoms with Crippen molar-refractivity contribution in [2.45, 2.75) is 58.1 Å². The summed E-state index contributed by atoms with van der Waals surface area (Å²) in [6.45, 7) is 8.09. The summed E-state index contributed by atoms with van der Waals surface area (Å²) < 4.78 is 5.44. The topological polar surface area (TPSA) is 74.4 Å². The molecule has 0 aliphatic heterocycles. The van der Waals surface area contributed by atoms with Crippen molar-refractivity contribution in [3.05, 3.63) is 83.0 Å². The number of ether oxygens (including phenoxy) is 1. The predicted molar refractivity (Wildman–Crippen MR) is 148 cm³/mol. The van der Waals surface area contributed by atoms with Crippen molar-refractivity contribution >= 4 is 33.7 Å². The number of amides is 2. The zero-order valence-corrected chi connectivity index (χ0v) is 22.3. The van der Waals surface area contributed by atoms with Crippen LogP contribution in [0.5, 0.6) is 0 Å². The molecular weight excluding hydrogens is 462 g/mol. The van der Waals surface area contributed by atoms with E-state index in [0.29, 0.717) is 18.5 Å². The number of hydrogen-bond acceptors (Lipinski definition) is 3. The van der Waals surface area contributed by atoms with E-state index in [2.05, 4.69) is 58.8 Å². The number of fused-ring (bicyclic) bond motifs is 2. The molecule has 1 saturated carbocycles. The molecule has 1 heterocycles. The minimum absolute atomic E-state index is 0.0503. The third kappa shape index (κ3) is 5.19. The number of nitrogens with one attached hydrogen (secondary N) is 2. The molecule has 2 amide bonds. The predicted octanol–water partition coefficient (Wildman–Crippen LogP) is 6.46. The molecule has 1 aliphatic rings. The molecule has 6 nitrogen and oxygen atoms in total. The maximum absolute atomic E-state index is 13.5. The van der Waals surface area contributed by atoms with Gasteiger partial charge in [-0.15, -0.1) is 0 Å². The van der Waals surface area contributed by atoms with Crippen LogP contribution in [0.25, 0.3) is 21.7 Å². The molecule has 192 valence electrons. The van der Waals surface area contributed by atoms with Crippen LogP contribution in [0.15, 0.2) is 60.7 Å². The summed E-state index contributed by atoms with van der Waals surface area (Å²) >= 11 is 0. The highest BCUT2D eigenvalue weighted by molar-refractivity contribution is 6.00. The summed E-state index contributed by atoms with van der Waals surface area (Å²) in [5, 5.41) is 6.80. The fourth-order valence-corrected chi connectivity index (χ4v) is 4.97. The lowest BCUT2D eigenvalue weighted by molar-refractivity contribution is 0.0300. The fraction of sp³-hybridized carbons (Fsp3) is 0.355. The lowest BCUT2D eigenvalue weighted by Crippen LogP contribution is -2.35. The average molecular weight is 498 g/mol. The number of hydrogen-bond donors (Lipinski definition) is 2. The molecule has 5 rings (SSSR count). The van der Waals surface area contributed by atoms with Gasteiger partial charge in [-0.05, 0) is 86.0 Å². The Kier molecular flexibility index (Phi) is 6.22. The molecule has 1 fully saturated rings. The minimum Gasteiger partial charge on any atom is -0.444 e. The monoisotopic (exact) mass is 497 g/mol. The number of aromatic nitrogens is 1. The molecule has 1 aromatic heterocycles. The Morgan fingerprint density at radius 2 is 1.76 bits per heavy atom. The molecule has 6 heteroatoms. The second-order valence-corrected chi connectivity index (χ2v) is 11.3. The van der Waals surface area contributed by atoms with Crippen LogP contribution in [0.3, 0.4) is 0 Å². The normalized spacial score (nSPS) is 14.5. The summed E-state index contributed by atoms with van der Waals surface area (Å²) in [6.07, 6.45) is 2.20. The number of nitrogens with zero attached hydrogens (tertiary/aromatic N) is 1. The molecule has 2 N–H and O–H groups in total. The fourth-order valence-electron chi connectivity index (χ4n) is 4.97. The van der Waals surface area contributed by atoms with E-state index in [9.17, 15) is 9.59 Å². The molecule has 0 atom stereocenters. The van der Waals surface area contributed by atoms with Gasteiger partial charge in [0.25, 0.3) is 5.91 Å². The average Bonchev–Trinajstić information content (AvgIpc) is 3.51. The number of rotatable bonds is 6. The summed E-state index contributed by atoms with van der Waals surface area (Å²) in [6, 6.07) is 20.8. The highest BCUT2D eigenvalue weighted by Gasteiger charge is 2.46. The molecule has 0 spiro atoms. The zero-order chi connectivity index (χ0) is 26.4. The Morgan fingerprint density at radius 3 is 2.49 bits per heavy atom. The van der Waals surface area contributed by atoms with Gasteiger partial charge in [-0.25, -0.2) is 4.79 Å². The van der Waals surface area contributed by atoms with Gasteiger partial charge >= 0.3 is 6.09 Å². The van der Waals surface area contributed by atoms with Crippen molar-refractivity contribution in [3.63, 3.8) is 0 Å². The van der Waals surface area contributed by atoms with E-state index in [1.165, 1.54) is 16.3 Å². The molecule has 37 heavy (non-hydrogen) atoms. The Hall–Kier alpha value is -3.80. The minimum atomic E-state index is -0.520. The number of carbonyl (C=O) groups excluding carboxylic acids is 2. The lowest BCUT2D eigenvalue weighted by Gasteiger charge is -2.24. The van der Waals surface area contributed by atoms with Crippen LogP contribution < -0.4 is 5.32 Å². The Labute approximate surface area is 218 Å². The van der Waals surface area contributed by atoms with Gasteiger partial charge in [0.1, 0.15) is 5.60 Å². The van der Waals surface area contributed by atoms with Crippen LogP contribution in [0, 0.1) is 6.92 Å². The molecule has 0 radical (unpaired) electrons.